The van der Waals surface area contributed by atoms with Crippen LogP contribution in [0.25, 0.3) is 0 Å². The van der Waals surface area contributed by atoms with E-state index in [9.17, 15) is 39.5 Å². The lowest BCUT2D eigenvalue weighted by atomic mass is 9.95. The number of non-ortho nitro benzene ring substituents is 1. The molecule has 2 aromatic rings. The first kappa shape index (κ1) is 42.4. The summed E-state index contributed by atoms with van der Waals surface area (Å²) in [5, 5.41) is 40.5. The molecule has 0 spiro atoms. The number of amides is 4. The maximum absolute atomic E-state index is 14.1. The van der Waals surface area contributed by atoms with Crippen LogP contribution < -0.4 is 26.6 Å². The lowest BCUT2D eigenvalue weighted by Gasteiger charge is -2.30. The molecule has 0 saturated heterocycles. The average molecular weight is 740 g/mol. The lowest BCUT2D eigenvalue weighted by Crippen LogP contribution is -2.54. The van der Waals surface area contributed by atoms with Gasteiger partial charge < -0.3 is 41.5 Å². The third-order valence-corrected chi connectivity index (χ3v) is 9.01. The third-order valence-electron chi connectivity index (χ3n) is 9.01. The molecule has 7 N–H and O–H groups in total. The highest BCUT2D eigenvalue weighted by molar-refractivity contribution is 5.87. The zero-order chi connectivity index (χ0) is 39.2. The number of anilines is 1. The summed E-state index contributed by atoms with van der Waals surface area (Å²) in [4.78, 5) is 67.0. The Hall–Kier alpha value is -5.06. The van der Waals surface area contributed by atoms with Gasteiger partial charge in [0, 0.05) is 36.1 Å². The molecule has 0 unspecified atom stereocenters. The fraction of sp³-hybridized carbons (Fsp3) is 0.514. The summed E-state index contributed by atoms with van der Waals surface area (Å²) in [6.07, 6.45) is -0.238. The first-order valence-corrected chi connectivity index (χ1v) is 17.8. The van der Waals surface area contributed by atoms with Crippen molar-refractivity contribution in [3.63, 3.8) is 0 Å². The van der Waals surface area contributed by atoms with E-state index in [-0.39, 0.29) is 56.7 Å². The minimum atomic E-state index is -1.32. The van der Waals surface area contributed by atoms with Crippen molar-refractivity contribution in [3.8, 4) is 0 Å². The van der Waals surface area contributed by atoms with Crippen LogP contribution in [-0.4, -0.2) is 87.4 Å². The Morgan fingerprint density at radius 1 is 0.981 bits per heavy atom. The maximum atomic E-state index is 14.1. The largest absolute Gasteiger partial charge is 0.445 e. The number of hydrogen-bond acceptors (Lipinski definition) is 11. The van der Waals surface area contributed by atoms with Gasteiger partial charge in [0.05, 0.1) is 42.2 Å². The second-order valence-corrected chi connectivity index (χ2v) is 13.8. The van der Waals surface area contributed by atoms with Crippen molar-refractivity contribution in [2.24, 2.45) is 17.6 Å². The van der Waals surface area contributed by atoms with Gasteiger partial charge in [-0.25, -0.2) is 4.79 Å². The predicted molar refractivity (Wildman–Crippen MR) is 198 cm³/mol. The number of carbonyl (C=O) groups excluding carboxylic acids is 4. The number of carbonyl (C=O) groups is 4. The van der Waals surface area contributed by atoms with Crippen LogP contribution in [0.15, 0.2) is 66.5 Å². The number of aliphatic hydroxyl groups excluding tert-OH is 2. The van der Waals surface area contributed by atoms with Crippen LogP contribution in [0.5, 0.6) is 0 Å². The number of nitrogens with zero attached hydrogens (tertiary/aromatic N) is 3. The highest BCUT2D eigenvalue weighted by atomic mass is 16.6. The molecular weight excluding hydrogens is 686 g/mol. The molecule has 1 aliphatic rings. The minimum Gasteiger partial charge on any atom is -0.445 e. The molecule has 6 atom stereocenters. The highest BCUT2D eigenvalue weighted by Crippen LogP contribution is 2.30. The normalized spacial score (nSPS) is 16.1. The molecule has 0 fully saturated rings. The van der Waals surface area contributed by atoms with E-state index in [1.165, 1.54) is 42.3 Å². The summed E-state index contributed by atoms with van der Waals surface area (Å²) in [5.41, 5.74) is 7.34. The molecule has 2 aromatic carbocycles. The van der Waals surface area contributed by atoms with E-state index < -0.39 is 59.0 Å². The van der Waals surface area contributed by atoms with Gasteiger partial charge in [0.1, 0.15) is 19.3 Å². The van der Waals surface area contributed by atoms with Gasteiger partial charge >= 0.3 is 6.09 Å². The van der Waals surface area contributed by atoms with Crippen LogP contribution in [0.3, 0.4) is 0 Å². The van der Waals surface area contributed by atoms with Crippen molar-refractivity contribution in [1.82, 2.24) is 20.9 Å². The molecular formula is C37H53N7O9. The van der Waals surface area contributed by atoms with Crippen molar-refractivity contribution in [2.45, 2.75) is 97.2 Å². The molecule has 1 aliphatic heterocycles. The van der Waals surface area contributed by atoms with Gasteiger partial charge in [-0.05, 0) is 42.9 Å². The zero-order valence-electron chi connectivity index (χ0n) is 30.9. The molecule has 3 rings (SSSR count). The van der Waals surface area contributed by atoms with E-state index in [0.717, 1.165) is 6.42 Å². The van der Waals surface area contributed by atoms with Crippen LogP contribution >= 0.6 is 0 Å². The van der Waals surface area contributed by atoms with E-state index >= 15 is 0 Å². The first-order chi connectivity index (χ1) is 25.1. The van der Waals surface area contributed by atoms with Crippen molar-refractivity contribution < 1.29 is 39.1 Å². The van der Waals surface area contributed by atoms with E-state index in [2.05, 4.69) is 16.0 Å². The Labute approximate surface area is 309 Å². The van der Waals surface area contributed by atoms with Crippen LogP contribution in [0.2, 0.25) is 0 Å². The number of alkyl carbamates (subject to hydrolysis) is 1. The standard InChI is InChI=1S/C37H53N7O9/c1-6-24(4)32(20-45)39-34(47)18-33(46)30(16-23(2)3)40-35(48)31(41-37(50)53-21-26-10-8-7-9-11-26)17-29-19-42(36(49)25(5)38)22-43(29)27-12-14-28(15-13-27)44(51)52/h7-15,19,23-25,30-33,45-46H,6,16-18,20-22,38H2,1-5H3,(H,39,47)(H,40,48)(H,41,50)/t24-,25-,30-,31-,32+,33-/m0/s1. The summed E-state index contributed by atoms with van der Waals surface area (Å²) in [5.74, 6) is -1.62. The van der Waals surface area contributed by atoms with Gasteiger partial charge in [0.15, 0.2) is 0 Å². The number of nitrogens with two attached hydrogens (primary N) is 1. The van der Waals surface area contributed by atoms with Crippen LogP contribution in [0.4, 0.5) is 16.2 Å². The van der Waals surface area contributed by atoms with Crippen molar-refractivity contribution in [3.05, 3.63) is 82.2 Å². The molecule has 0 aromatic heterocycles. The fourth-order valence-electron chi connectivity index (χ4n) is 5.77. The Balaban J connectivity index is 1.91. The number of aliphatic hydroxyl groups is 2. The van der Waals surface area contributed by atoms with Crippen LogP contribution in [-0.2, 0) is 25.7 Å². The number of hydrogen-bond donors (Lipinski definition) is 6. The fourth-order valence-corrected chi connectivity index (χ4v) is 5.77. The number of benzene rings is 2. The summed E-state index contributed by atoms with van der Waals surface area (Å²) >= 11 is 0. The third kappa shape index (κ3) is 12.8. The van der Waals surface area contributed by atoms with Crippen molar-refractivity contribution in [2.75, 3.05) is 18.2 Å². The van der Waals surface area contributed by atoms with E-state index in [1.807, 2.05) is 33.8 Å². The topological polar surface area (TPSA) is 230 Å². The van der Waals surface area contributed by atoms with Gasteiger partial charge in [-0.3, -0.25) is 29.4 Å². The smallest absolute Gasteiger partial charge is 0.408 e. The number of rotatable bonds is 19. The summed E-state index contributed by atoms with van der Waals surface area (Å²) in [6, 6.07) is 11.0. The van der Waals surface area contributed by atoms with Gasteiger partial charge in [-0.2, -0.15) is 0 Å². The summed E-state index contributed by atoms with van der Waals surface area (Å²) < 4.78 is 5.43. The van der Waals surface area contributed by atoms with E-state index in [0.29, 0.717) is 16.9 Å². The molecule has 0 saturated carbocycles. The van der Waals surface area contributed by atoms with Gasteiger partial charge in [-0.15, -0.1) is 0 Å². The zero-order valence-corrected chi connectivity index (χ0v) is 30.9. The van der Waals surface area contributed by atoms with Gasteiger partial charge in [0.25, 0.3) is 5.69 Å². The second-order valence-electron chi connectivity index (χ2n) is 13.8. The van der Waals surface area contributed by atoms with Gasteiger partial charge in [0.2, 0.25) is 17.7 Å². The quantitative estimate of drug-likeness (QED) is 0.0906. The summed E-state index contributed by atoms with van der Waals surface area (Å²) in [6.45, 7) is 8.78. The highest BCUT2D eigenvalue weighted by Gasteiger charge is 2.34. The van der Waals surface area contributed by atoms with E-state index in [4.69, 9.17) is 10.5 Å². The van der Waals surface area contributed by atoms with Gasteiger partial charge in [-0.1, -0.05) is 64.4 Å². The molecule has 4 amide bonds. The van der Waals surface area contributed by atoms with Crippen LogP contribution in [0, 0.1) is 22.0 Å². The Morgan fingerprint density at radius 2 is 1.64 bits per heavy atom. The van der Waals surface area contributed by atoms with Crippen molar-refractivity contribution in [1.29, 1.82) is 0 Å². The number of ether oxygens (including phenoxy) is 1. The second kappa shape index (κ2) is 20.3. The molecule has 16 heteroatoms. The number of nitro groups is 1. The monoisotopic (exact) mass is 739 g/mol. The molecule has 0 aliphatic carbocycles. The predicted octanol–water partition coefficient (Wildman–Crippen LogP) is 2.88. The number of nitro benzene ring substituents is 1. The van der Waals surface area contributed by atoms with Crippen molar-refractivity contribution >= 4 is 35.2 Å². The molecule has 1 heterocycles. The molecule has 290 valence electrons. The minimum absolute atomic E-state index is 0.00419. The Kier molecular flexibility index (Phi) is 16.2. The maximum Gasteiger partial charge on any atom is 0.408 e. The van der Waals surface area contributed by atoms with Crippen LogP contribution in [0.1, 0.15) is 65.9 Å². The molecule has 53 heavy (non-hydrogen) atoms. The summed E-state index contributed by atoms with van der Waals surface area (Å²) in [7, 11) is 0. The first-order valence-electron chi connectivity index (χ1n) is 17.8. The lowest BCUT2D eigenvalue weighted by molar-refractivity contribution is -0.384. The Bertz CT molecular complexity index is 1570. The SMILES string of the molecule is CC[C@H](C)[C@@H](CO)NC(=O)C[C@H](O)[C@H](CC(C)C)NC(=O)[C@H](CC1=CN(C(=O)[C@H](C)N)CN1c1ccc([N+](=O)[O-])cc1)NC(=O)OCc1ccccc1. The molecule has 16 nitrogen and oxygen atoms in total. The Morgan fingerprint density at radius 3 is 2.21 bits per heavy atom. The molecule has 0 bridgehead atoms. The molecule has 0 radical (unpaired) electrons. The number of nitrogens with one attached hydrogen (secondary N) is 3. The average Bonchev–Trinajstić information content (AvgIpc) is 3.55. The van der Waals surface area contributed by atoms with E-state index in [1.54, 1.807) is 29.2 Å².